The zero-order valence-corrected chi connectivity index (χ0v) is 20.3. The average Bonchev–Trinajstić information content (AvgIpc) is 2.89. The minimum Gasteiger partial charge on any atom is -0.493 e. The Morgan fingerprint density at radius 3 is 2.28 bits per heavy atom. The number of hydrogen-bond donors (Lipinski definition) is 2. The number of para-hydroxylation sites is 2. The molecule has 12 heteroatoms. The lowest BCUT2D eigenvalue weighted by Gasteiger charge is -2.18. The van der Waals surface area contributed by atoms with Gasteiger partial charge in [-0.3, -0.25) is 4.72 Å². The lowest BCUT2D eigenvalue weighted by molar-refractivity contribution is 0.192. The fraction of sp³-hybridized carbons (Fsp3) is 0.167. The van der Waals surface area contributed by atoms with Crippen LogP contribution >= 0.6 is 0 Å². The Labute approximate surface area is 207 Å². The highest BCUT2D eigenvalue weighted by atomic mass is 32.2. The molecule has 0 amide bonds. The van der Waals surface area contributed by atoms with Gasteiger partial charge in [-0.15, -0.1) is 0 Å². The fourth-order valence-electron chi connectivity index (χ4n) is 3.06. The van der Waals surface area contributed by atoms with Gasteiger partial charge in [-0.05, 0) is 37.3 Å². The molecule has 2 aromatic carbocycles. The minimum atomic E-state index is -4.09. The van der Waals surface area contributed by atoms with Crippen LogP contribution in [0.25, 0.3) is 11.6 Å². The van der Waals surface area contributed by atoms with Crippen LogP contribution in [0.5, 0.6) is 23.1 Å². The van der Waals surface area contributed by atoms with Crippen LogP contribution in [0.2, 0.25) is 0 Å². The predicted molar refractivity (Wildman–Crippen MR) is 131 cm³/mol. The van der Waals surface area contributed by atoms with Crippen molar-refractivity contribution in [2.45, 2.75) is 11.8 Å². The number of aryl methyl sites for hydroxylation is 1. The van der Waals surface area contributed by atoms with Crippen LogP contribution in [0.4, 0.5) is 5.82 Å². The Morgan fingerprint density at radius 1 is 0.917 bits per heavy atom. The van der Waals surface area contributed by atoms with Crippen LogP contribution < -0.4 is 18.9 Å². The zero-order valence-electron chi connectivity index (χ0n) is 19.5. The van der Waals surface area contributed by atoms with Gasteiger partial charge in [0.2, 0.25) is 11.6 Å². The molecule has 4 rings (SSSR count). The third-order valence-corrected chi connectivity index (χ3v) is 6.13. The molecule has 2 heterocycles. The highest BCUT2D eigenvalue weighted by Crippen LogP contribution is 2.41. The van der Waals surface area contributed by atoms with E-state index in [9.17, 15) is 13.5 Å². The number of hydrogen-bond acceptors (Lipinski definition) is 10. The molecule has 4 aromatic rings. The molecule has 36 heavy (non-hydrogen) atoms. The second-order valence-electron chi connectivity index (χ2n) is 7.35. The van der Waals surface area contributed by atoms with E-state index in [1.807, 2.05) is 6.92 Å². The molecule has 0 atom stereocenters. The van der Waals surface area contributed by atoms with Gasteiger partial charge in [0, 0.05) is 12.4 Å². The number of aliphatic hydroxyl groups excluding tert-OH is 1. The second kappa shape index (κ2) is 11.0. The number of anilines is 1. The summed E-state index contributed by atoms with van der Waals surface area (Å²) in [4.78, 5) is 17.0. The number of benzene rings is 2. The SMILES string of the molecule is COc1ccccc1Oc1c(NS(=O)(=O)c2ccc(C)cc2)nc(-c2ncccn2)nc1OCCO. The molecule has 0 saturated carbocycles. The van der Waals surface area contributed by atoms with E-state index in [-0.39, 0.29) is 53.0 Å². The maximum atomic E-state index is 13.2. The molecule has 0 fully saturated rings. The average molecular weight is 510 g/mol. The third kappa shape index (κ3) is 5.67. The van der Waals surface area contributed by atoms with Crippen molar-refractivity contribution in [1.82, 2.24) is 19.9 Å². The molecule has 0 aliphatic rings. The summed E-state index contributed by atoms with van der Waals surface area (Å²) in [6.45, 7) is 1.39. The molecule has 0 radical (unpaired) electrons. The number of aliphatic hydroxyl groups is 1. The van der Waals surface area contributed by atoms with E-state index >= 15 is 0 Å². The van der Waals surface area contributed by atoms with E-state index in [2.05, 4.69) is 24.7 Å². The van der Waals surface area contributed by atoms with Gasteiger partial charge >= 0.3 is 0 Å². The van der Waals surface area contributed by atoms with Crippen molar-refractivity contribution in [3.63, 3.8) is 0 Å². The number of rotatable bonds is 10. The highest BCUT2D eigenvalue weighted by Gasteiger charge is 2.25. The topological polar surface area (TPSA) is 146 Å². The molecule has 186 valence electrons. The summed E-state index contributed by atoms with van der Waals surface area (Å²) in [5, 5.41) is 9.34. The molecular weight excluding hydrogens is 486 g/mol. The quantitative estimate of drug-likeness (QED) is 0.327. The Morgan fingerprint density at radius 2 is 1.61 bits per heavy atom. The molecular formula is C24H23N5O6S. The lowest BCUT2D eigenvalue weighted by atomic mass is 10.2. The van der Waals surface area contributed by atoms with Crippen molar-refractivity contribution in [2.24, 2.45) is 0 Å². The van der Waals surface area contributed by atoms with E-state index in [1.54, 1.807) is 42.5 Å². The van der Waals surface area contributed by atoms with E-state index in [0.717, 1.165) is 5.56 Å². The largest absolute Gasteiger partial charge is 0.493 e. The van der Waals surface area contributed by atoms with Gasteiger partial charge in [-0.1, -0.05) is 29.8 Å². The van der Waals surface area contributed by atoms with E-state index in [4.69, 9.17) is 14.2 Å². The standard InChI is InChI=1S/C24H23N5O6S/c1-16-8-10-17(11-9-16)36(31,32)29-21-20(35-19-7-4-3-6-18(19)33-2)24(34-15-14-30)28-23(27-21)22-25-12-5-13-26-22/h3-13,30H,14-15H2,1-2H3,(H,27,28,29). The molecule has 0 unspecified atom stereocenters. The first-order chi connectivity index (χ1) is 17.4. The smallest absolute Gasteiger partial charge is 0.263 e. The van der Waals surface area contributed by atoms with Gasteiger partial charge in [0.05, 0.1) is 18.6 Å². The summed E-state index contributed by atoms with van der Waals surface area (Å²) in [6, 6.07) is 14.7. The summed E-state index contributed by atoms with van der Waals surface area (Å²) in [5.41, 5.74) is 0.902. The Balaban J connectivity index is 1.88. The van der Waals surface area contributed by atoms with Crippen LogP contribution in [0, 0.1) is 6.92 Å². The van der Waals surface area contributed by atoms with Gasteiger partial charge in [-0.25, -0.2) is 23.4 Å². The van der Waals surface area contributed by atoms with Crippen LogP contribution in [0.1, 0.15) is 5.56 Å². The summed E-state index contributed by atoms with van der Waals surface area (Å²) in [7, 11) is -2.62. The molecule has 0 saturated heterocycles. The van der Waals surface area contributed by atoms with Gasteiger partial charge in [0.1, 0.15) is 6.61 Å². The normalized spacial score (nSPS) is 11.1. The maximum absolute atomic E-state index is 13.2. The number of ether oxygens (including phenoxy) is 3. The first kappa shape index (κ1) is 24.8. The molecule has 2 N–H and O–H groups in total. The van der Waals surface area contributed by atoms with Crippen molar-refractivity contribution in [3.8, 4) is 34.8 Å². The number of nitrogens with zero attached hydrogens (tertiary/aromatic N) is 4. The summed E-state index contributed by atoms with van der Waals surface area (Å²) < 4.78 is 46.0. The minimum absolute atomic E-state index is 0.0162. The molecule has 11 nitrogen and oxygen atoms in total. The summed E-state index contributed by atoms with van der Waals surface area (Å²) in [5.74, 6) is 0.276. The number of methoxy groups -OCH3 is 1. The number of aromatic nitrogens is 4. The van der Waals surface area contributed by atoms with E-state index in [0.29, 0.717) is 5.75 Å². The summed E-state index contributed by atoms with van der Waals surface area (Å²) in [6.07, 6.45) is 2.99. The maximum Gasteiger partial charge on any atom is 0.263 e. The number of sulfonamides is 1. The van der Waals surface area contributed by atoms with Crippen molar-refractivity contribution in [3.05, 3.63) is 72.6 Å². The van der Waals surface area contributed by atoms with Crippen LogP contribution in [-0.2, 0) is 10.0 Å². The van der Waals surface area contributed by atoms with E-state index in [1.165, 1.54) is 31.6 Å². The van der Waals surface area contributed by atoms with Crippen LogP contribution in [-0.4, -0.2) is 53.8 Å². The van der Waals surface area contributed by atoms with Gasteiger partial charge in [0.15, 0.2) is 23.1 Å². The number of nitrogens with one attached hydrogen (secondary N) is 1. The van der Waals surface area contributed by atoms with Gasteiger partial charge in [-0.2, -0.15) is 4.98 Å². The predicted octanol–water partition coefficient (Wildman–Crippen LogP) is 3.21. The Kier molecular flexibility index (Phi) is 7.56. The van der Waals surface area contributed by atoms with E-state index < -0.39 is 10.0 Å². The van der Waals surface area contributed by atoms with Crippen molar-refractivity contribution in [2.75, 3.05) is 25.0 Å². The first-order valence-corrected chi connectivity index (χ1v) is 12.2. The third-order valence-electron chi connectivity index (χ3n) is 4.77. The Bertz CT molecular complexity index is 1430. The summed E-state index contributed by atoms with van der Waals surface area (Å²) >= 11 is 0. The molecule has 2 aromatic heterocycles. The van der Waals surface area contributed by atoms with Gasteiger partial charge in [0.25, 0.3) is 15.9 Å². The molecule has 0 spiro atoms. The van der Waals surface area contributed by atoms with Crippen molar-refractivity contribution >= 4 is 15.8 Å². The zero-order chi connectivity index (χ0) is 25.5. The second-order valence-corrected chi connectivity index (χ2v) is 9.03. The van der Waals surface area contributed by atoms with Crippen LogP contribution in [0.15, 0.2) is 71.9 Å². The van der Waals surface area contributed by atoms with Crippen molar-refractivity contribution < 1.29 is 27.7 Å². The molecule has 0 aliphatic heterocycles. The lowest BCUT2D eigenvalue weighted by Crippen LogP contribution is -2.16. The molecule has 0 aliphatic carbocycles. The monoisotopic (exact) mass is 509 g/mol. The Hall–Kier alpha value is -4.29. The van der Waals surface area contributed by atoms with Crippen molar-refractivity contribution in [1.29, 1.82) is 0 Å². The van der Waals surface area contributed by atoms with Gasteiger partial charge < -0.3 is 19.3 Å². The first-order valence-electron chi connectivity index (χ1n) is 10.7. The fourth-order valence-corrected chi connectivity index (χ4v) is 4.07. The van der Waals surface area contributed by atoms with Crippen LogP contribution in [0.3, 0.4) is 0 Å². The molecule has 0 bridgehead atoms. The highest BCUT2D eigenvalue weighted by molar-refractivity contribution is 7.92.